The van der Waals surface area contributed by atoms with Gasteiger partial charge in [0.15, 0.2) is 0 Å². The van der Waals surface area contributed by atoms with E-state index in [-0.39, 0.29) is 17.3 Å². The van der Waals surface area contributed by atoms with Gasteiger partial charge in [0.2, 0.25) is 0 Å². The number of aliphatic hydroxyl groups excluding tert-OH is 1. The fourth-order valence-corrected chi connectivity index (χ4v) is 2.71. The zero-order chi connectivity index (χ0) is 14.3. The van der Waals surface area contributed by atoms with Crippen molar-refractivity contribution in [1.29, 1.82) is 0 Å². The van der Waals surface area contributed by atoms with Gasteiger partial charge in [0, 0.05) is 6.42 Å². The molecule has 1 N–H and O–H groups in total. The summed E-state index contributed by atoms with van der Waals surface area (Å²) in [4.78, 5) is 0. The van der Waals surface area contributed by atoms with Gasteiger partial charge in [-0.2, -0.15) is 0 Å². The second-order valence-corrected chi connectivity index (χ2v) is 6.52. The Morgan fingerprint density at radius 1 is 1.32 bits per heavy atom. The van der Waals surface area contributed by atoms with E-state index in [0.29, 0.717) is 0 Å². The molecule has 1 saturated heterocycles. The highest BCUT2D eigenvalue weighted by Gasteiger charge is 2.47. The van der Waals surface area contributed by atoms with Gasteiger partial charge in [0.05, 0.1) is 11.7 Å². The SMILES string of the molecule is CC(O)c1cccc(OC2CC(C)(C)OC2(C)C)c1. The first-order valence-electron chi connectivity index (χ1n) is 6.84. The van der Waals surface area contributed by atoms with Crippen molar-refractivity contribution < 1.29 is 14.6 Å². The molecule has 0 radical (unpaired) electrons. The number of hydrogen-bond acceptors (Lipinski definition) is 3. The molecule has 1 aliphatic heterocycles. The Balaban J connectivity index is 2.15. The lowest BCUT2D eigenvalue weighted by Gasteiger charge is -2.27. The van der Waals surface area contributed by atoms with Crippen LogP contribution in [0.1, 0.15) is 52.7 Å². The normalized spacial score (nSPS) is 26.1. The summed E-state index contributed by atoms with van der Waals surface area (Å²) in [5, 5.41) is 9.61. The molecule has 1 aromatic carbocycles. The van der Waals surface area contributed by atoms with Crippen LogP contribution in [0.4, 0.5) is 0 Å². The van der Waals surface area contributed by atoms with E-state index in [9.17, 15) is 5.11 Å². The molecule has 1 heterocycles. The number of aliphatic hydroxyl groups is 1. The minimum Gasteiger partial charge on any atom is -0.487 e. The molecule has 3 heteroatoms. The fourth-order valence-electron chi connectivity index (χ4n) is 2.71. The van der Waals surface area contributed by atoms with E-state index in [4.69, 9.17) is 9.47 Å². The molecule has 19 heavy (non-hydrogen) atoms. The largest absolute Gasteiger partial charge is 0.487 e. The molecule has 3 nitrogen and oxygen atoms in total. The smallest absolute Gasteiger partial charge is 0.130 e. The Hall–Kier alpha value is -1.06. The molecule has 1 aliphatic rings. The van der Waals surface area contributed by atoms with Crippen LogP contribution in [0.5, 0.6) is 5.75 Å². The molecule has 0 bridgehead atoms. The van der Waals surface area contributed by atoms with Gasteiger partial charge in [0.1, 0.15) is 17.5 Å². The predicted molar refractivity (Wildman–Crippen MR) is 75.4 cm³/mol. The maximum atomic E-state index is 9.61. The molecule has 0 aliphatic carbocycles. The molecule has 2 unspecified atom stereocenters. The number of ether oxygens (including phenoxy) is 2. The number of benzene rings is 1. The third-order valence-electron chi connectivity index (χ3n) is 3.61. The first kappa shape index (κ1) is 14.4. The Kier molecular flexibility index (Phi) is 3.63. The summed E-state index contributed by atoms with van der Waals surface area (Å²) in [6.07, 6.45) is 0.401. The number of hydrogen-bond donors (Lipinski definition) is 1. The highest BCUT2D eigenvalue weighted by molar-refractivity contribution is 5.30. The summed E-state index contributed by atoms with van der Waals surface area (Å²) in [6.45, 7) is 10.1. The van der Waals surface area contributed by atoms with Gasteiger partial charge in [-0.1, -0.05) is 12.1 Å². The zero-order valence-corrected chi connectivity index (χ0v) is 12.4. The van der Waals surface area contributed by atoms with Gasteiger partial charge in [-0.05, 0) is 52.3 Å². The Morgan fingerprint density at radius 2 is 2.00 bits per heavy atom. The Labute approximate surface area is 115 Å². The molecule has 0 spiro atoms. The van der Waals surface area contributed by atoms with Crippen molar-refractivity contribution >= 4 is 0 Å². The average molecular weight is 264 g/mol. The predicted octanol–water partition coefficient (Wildman–Crippen LogP) is 3.46. The van der Waals surface area contributed by atoms with Crippen molar-refractivity contribution in [2.24, 2.45) is 0 Å². The van der Waals surface area contributed by atoms with Gasteiger partial charge in [-0.15, -0.1) is 0 Å². The van der Waals surface area contributed by atoms with Gasteiger partial charge in [0.25, 0.3) is 0 Å². The second kappa shape index (κ2) is 4.80. The summed E-state index contributed by atoms with van der Waals surface area (Å²) >= 11 is 0. The van der Waals surface area contributed by atoms with E-state index < -0.39 is 6.10 Å². The van der Waals surface area contributed by atoms with Gasteiger partial charge < -0.3 is 14.6 Å². The molecule has 1 fully saturated rings. The molecule has 0 amide bonds. The van der Waals surface area contributed by atoms with Crippen LogP contribution in [0.25, 0.3) is 0 Å². The van der Waals surface area contributed by atoms with Gasteiger partial charge in [-0.25, -0.2) is 0 Å². The van der Waals surface area contributed by atoms with E-state index in [2.05, 4.69) is 27.7 Å². The van der Waals surface area contributed by atoms with Crippen LogP contribution >= 0.6 is 0 Å². The third-order valence-corrected chi connectivity index (χ3v) is 3.61. The monoisotopic (exact) mass is 264 g/mol. The molecule has 0 aromatic heterocycles. The molecular formula is C16H24O3. The van der Waals surface area contributed by atoms with E-state index in [1.807, 2.05) is 24.3 Å². The van der Waals surface area contributed by atoms with Crippen LogP contribution in [-0.4, -0.2) is 22.4 Å². The lowest BCUT2D eigenvalue weighted by Crippen LogP contribution is -2.36. The number of rotatable bonds is 3. The topological polar surface area (TPSA) is 38.7 Å². The van der Waals surface area contributed by atoms with Crippen molar-refractivity contribution in [2.75, 3.05) is 0 Å². The summed E-state index contributed by atoms with van der Waals surface area (Å²) in [6, 6.07) is 7.63. The standard InChI is InChI=1S/C16H24O3/c1-11(17)12-7-6-8-13(9-12)18-14-10-15(2,3)19-16(14,4)5/h6-9,11,14,17H,10H2,1-5H3. The maximum Gasteiger partial charge on any atom is 0.130 e. The molecule has 2 atom stereocenters. The fraction of sp³-hybridized carbons (Fsp3) is 0.625. The Bertz CT molecular complexity index is 449. The summed E-state index contributed by atoms with van der Waals surface area (Å²) in [5.74, 6) is 0.790. The van der Waals surface area contributed by atoms with Crippen LogP contribution in [0, 0.1) is 0 Å². The first-order chi connectivity index (χ1) is 8.70. The van der Waals surface area contributed by atoms with E-state index in [0.717, 1.165) is 17.7 Å². The van der Waals surface area contributed by atoms with Crippen molar-refractivity contribution in [2.45, 2.75) is 64.4 Å². The van der Waals surface area contributed by atoms with Crippen LogP contribution in [-0.2, 0) is 4.74 Å². The lowest BCUT2D eigenvalue weighted by molar-refractivity contribution is -0.0846. The van der Waals surface area contributed by atoms with Crippen molar-refractivity contribution in [3.63, 3.8) is 0 Å². The quantitative estimate of drug-likeness (QED) is 0.908. The second-order valence-electron chi connectivity index (χ2n) is 6.52. The molecule has 0 saturated carbocycles. The average Bonchev–Trinajstić information content (AvgIpc) is 2.47. The summed E-state index contributed by atoms with van der Waals surface area (Å²) in [7, 11) is 0. The van der Waals surface area contributed by atoms with Crippen LogP contribution in [0.3, 0.4) is 0 Å². The van der Waals surface area contributed by atoms with Gasteiger partial charge >= 0.3 is 0 Å². The molecular weight excluding hydrogens is 240 g/mol. The van der Waals surface area contributed by atoms with E-state index in [1.165, 1.54) is 0 Å². The van der Waals surface area contributed by atoms with Crippen LogP contribution in [0.15, 0.2) is 24.3 Å². The van der Waals surface area contributed by atoms with E-state index >= 15 is 0 Å². The first-order valence-corrected chi connectivity index (χ1v) is 6.84. The zero-order valence-electron chi connectivity index (χ0n) is 12.4. The summed E-state index contributed by atoms with van der Waals surface area (Å²) < 4.78 is 12.1. The maximum absolute atomic E-state index is 9.61. The minimum atomic E-state index is -0.479. The Morgan fingerprint density at radius 3 is 2.53 bits per heavy atom. The van der Waals surface area contributed by atoms with Crippen molar-refractivity contribution in [3.05, 3.63) is 29.8 Å². The van der Waals surface area contributed by atoms with E-state index in [1.54, 1.807) is 6.92 Å². The highest BCUT2D eigenvalue weighted by Crippen LogP contribution is 2.39. The minimum absolute atomic E-state index is 0.0201. The third kappa shape index (κ3) is 3.28. The van der Waals surface area contributed by atoms with Crippen LogP contribution in [0.2, 0.25) is 0 Å². The van der Waals surface area contributed by atoms with Crippen molar-refractivity contribution in [3.8, 4) is 5.75 Å². The molecule has 106 valence electrons. The van der Waals surface area contributed by atoms with Crippen LogP contribution < -0.4 is 4.74 Å². The highest BCUT2D eigenvalue weighted by atomic mass is 16.6. The summed E-state index contributed by atoms with van der Waals surface area (Å²) in [5.41, 5.74) is 0.411. The molecule has 1 aromatic rings. The van der Waals surface area contributed by atoms with Gasteiger partial charge in [-0.3, -0.25) is 0 Å². The van der Waals surface area contributed by atoms with Crippen molar-refractivity contribution in [1.82, 2.24) is 0 Å². The molecule has 2 rings (SSSR count). The lowest BCUT2D eigenvalue weighted by atomic mass is 9.97.